The monoisotopic (exact) mass is 372 g/mol. The summed E-state index contributed by atoms with van der Waals surface area (Å²) in [5.74, 6) is 0.943. The van der Waals surface area contributed by atoms with E-state index in [4.69, 9.17) is 4.74 Å². The van der Waals surface area contributed by atoms with Crippen LogP contribution in [0.1, 0.15) is 62.5 Å². The zero-order valence-electron chi connectivity index (χ0n) is 17.2. The summed E-state index contributed by atoms with van der Waals surface area (Å²) < 4.78 is 5.81. The first kappa shape index (κ1) is 20.2. The Hall–Kier alpha value is -1.55. The van der Waals surface area contributed by atoms with Gasteiger partial charge in [0, 0.05) is 19.1 Å². The molecule has 0 N–H and O–H groups in total. The summed E-state index contributed by atoms with van der Waals surface area (Å²) in [7, 11) is 0. The van der Waals surface area contributed by atoms with Gasteiger partial charge in [0.2, 0.25) is 0 Å². The average molecular weight is 373 g/mol. The summed E-state index contributed by atoms with van der Waals surface area (Å²) in [6.45, 7) is 8.81. The van der Waals surface area contributed by atoms with Crippen LogP contribution in [0.25, 0.3) is 0 Å². The molecule has 0 saturated carbocycles. The van der Waals surface area contributed by atoms with Crippen molar-refractivity contribution in [3.63, 3.8) is 0 Å². The van der Waals surface area contributed by atoms with Crippen LogP contribution in [0.4, 0.5) is 0 Å². The zero-order chi connectivity index (χ0) is 19.1. The third-order valence-electron chi connectivity index (χ3n) is 6.27. The first-order chi connectivity index (χ1) is 13.1. The van der Waals surface area contributed by atoms with E-state index in [1.807, 2.05) is 12.1 Å². The highest BCUT2D eigenvalue weighted by Gasteiger charge is 2.27. The Morgan fingerprint density at radius 1 is 1.00 bits per heavy atom. The minimum absolute atomic E-state index is 0.147. The first-order valence-corrected chi connectivity index (χ1v) is 10.9. The molecule has 1 amide bonds. The molecule has 3 rings (SSSR count). The maximum atomic E-state index is 12.8. The van der Waals surface area contributed by atoms with E-state index in [2.05, 4.69) is 29.7 Å². The van der Waals surface area contributed by atoms with Gasteiger partial charge in [-0.3, -0.25) is 4.79 Å². The molecule has 0 radical (unpaired) electrons. The van der Waals surface area contributed by atoms with Crippen molar-refractivity contribution in [3.05, 3.63) is 29.3 Å². The zero-order valence-corrected chi connectivity index (χ0v) is 17.2. The third kappa shape index (κ3) is 5.97. The second kappa shape index (κ2) is 10.1. The van der Waals surface area contributed by atoms with Crippen molar-refractivity contribution in [2.45, 2.75) is 71.3 Å². The van der Waals surface area contributed by atoms with Crippen LogP contribution in [-0.4, -0.2) is 54.5 Å². The fraction of sp³-hybridized carbons (Fsp3) is 0.696. The smallest absolute Gasteiger partial charge is 0.260 e. The summed E-state index contributed by atoms with van der Waals surface area (Å²) in [5, 5.41) is 0. The number of hydrogen-bond acceptors (Lipinski definition) is 3. The summed E-state index contributed by atoms with van der Waals surface area (Å²) in [4.78, 5) is 17.5. The molecule has 2 aliphatic rings. The molecule has 0 spiro atoms. The van der Waals surface area contributed by atoms with E-state index in [-0.39, 0.29) is 12.5 Å². The van der Waals surface area contributed by atoms with Gasteiger partial charge in [-0.2, -0.15) is 0 Å². The van der Waals surface area contributed by atoms with Gasteiger partial charge in [-0.1, -0.05) is 18.9 Å². The van der Waals surface area contributed by atoms with Crippen LogP contribution in [0.15, 0.2) is 18.2 Å². The highest BCUT2D eigenvalue weighted by Crippen LogP contribution is 2.22. The molecular weight excluding hydrogens is 336 g/mol. The maximum absolute atomic E-state index is 12.8. The fourth-order valence-electron chi connectivity index (χ4n) is 4.35. The molecule has 0 aromatic heterocycles. The van der Waals surface area contributed by atoms with Crippen molar-refractivity contribution >= 4 is 5.91 Å². The lowest BCUT2D eigenvalue weighted by Crippen LogP contribution is -2.47. The molecule has 4 heteroatoms. The SMILES string of the molecule is Cc1ccc(OCC(=O)N2CCCC[C@H]2CCN2CCCCCC2)cc1C. The average Bonchev–Trinajstić information content (AvgIpc) is 2.96. The van der Waals surface area contributed by atoms with E-state index in [9.17, 15) is 4.79 Å². The number of benzene rings is 1. The Kier molecular flexibility index (Phi) is 7.57. The topological polar surface area (TPSA) is 32.8 Å². The highest BCUT2D eigenvalue weighted by molar-refractivity contribution is 5.78. The van der Waals surface area contributed by atoms with Crippen molar-refractivity contribution in [1.82, 2.24) is 9.80 Å². The lowest BCUT2D eigenvalue weighted by molar-refractivity contribution is -0.137. The Labute approximate surface area is 164 Å². The summed E-state index contributed by atoms with van der Waals surface area (Å²) in [6, 6.07) is 6.43. The number of likely N-dealkylation sites (tertiary alicyclic amines) is 2. The fourth-order valence-corrected chi connectivity index (χ4v) is 4.35. The quantitative estimate of drug-likeness (QED) is 0.745. The van der Waals surface area contributed by atoms with Crippen molar-refractivity contribution in [3.8, 4) is 5.75 Å². The number of hydrogen-bond donors (Lipinski definition) is 0. The van der Waals surface area contributed by atoms with Crippen LogP contribution in [0.5, 0.6) is 5.75 Å². The number of nitrogens with zero attached hydrogens (tertiary/aromatic N) is 2. The predicted molar refractivity (Wildman–Crippen MR) is 110 cm³/mol. The Bertz CT molecular complexity index is 608. The minimum atomic E-state index is 0.147. The number of aryl methyl sites for hydroxylation is 2. The van der Waals surface area contributed by atoms with Gasteiger partial charge in [-0.15, -0.1) is 0 Å². The lowest BCUT2D eigenvalue weighted by Gasteiger charge is -2.37. The van der Waals surface area contributed by atoms with Gasteiger partial charge in [-0.05, 0) is 88.7 Å². The van der Waals surface area contributed by atoms with Gasteiger partial charge in [0.25, 0.3) is 5.91 Å². The minimum Gasteiger partial charge on any atom is -0.484 e. The van der Waals surface area contributed by atoms with E-state index >= 15 is 0 Å². The van der Waals surface area contributed by atoms with Gasteiger partial charge < -0.3 is 14.5 Å². The summed E-state index contributed by atoms with van der Waals surface area (Å²) in [6.07, 6.45) is 10.0. The molecule has 4 nitrogen and oxygen atoms in total. The Balaban J connectivity index is 1.50. The van der Waals surface area contributed by atoms with E-state index in [1.54, 1.807) is 0 Å². The Morgan fingerprint density at radius 3 is 2.48 bits per heavy atom. The van der Waals surface area contributed by atoms with Gasteiger partial charge in [0.05, 0.1) is 0 Å². The van der Waals surface area contributed by atoms with Gasteiger partial charge >= 0.3 is 0 Å². The van der Waals surface area contributed by atoms with Crippen LogP contribution >= 0.6 is 0 Å². The number of piperidine rings is 1. The molecule has 2 fully saturated rings. The number of rotatable bonds is 6. The highest BCUT2D eigenvalue weighted by atomic mass is 16.5. The van der Waals surface area contributed by atoms with Crippen LogP contribution in [-0.2, 0) is 4.79 Å². The number of amides is 1. The van der Waals surface area contributed by atoms with Crippen molar-refractivity contribution in [2.75, 3.05) is 32.8 Å². The predicted octanol–water partition coefficient (Wildman–Crippen LogP) is 4.33. The van der Waals surface area contributed by atoms with Crippen molar-refractivity contribution < 1.29 is 9.53 Å². The maximum Gasteiger partial charge on any atom is 0.260 e. The molecule has 2 saturated heterocycles. The molecule has 0 aliphatic carbocycles. The van der Waals surface area contributed by atoms with E-state index < -0.39 is 0 Å². The standard InChI is InChI=1S/C23H36N2O2/c1-19-10-11-22(17-20(19)2)27-18-23(26)25-15-8-5-9-21(25)12-16-24-13-6-3-4-7-14-24/h10-11,17,21H,3-9,12-16,18H2,1-2H3/t21-/m0/s1. The molecule has 27 heavy (non-hydrogen) atoms. The Morgan fingerprint density at radius 2 is 1.74 bits per heavy atom. The first-order valence-electron chi connectivity index (χ1n) is 10.9. The molecule has 0 bridgehead atoms. The largest absolute Gasteiger partial charge is 0.484 e. The third-order valence-corrected chi connectivity index (χ3v) is 6.27. The summed E-state index contributed by atoms with van der Waals surface area (Å²) >= 11 is 0. The molecule has 1 aromatic rings. The van der Waals surface area contributed by atoms with Crippen LogP contribution in [0, 0.1) is 13.8 Å². The molecule has 2 heterocycles. The van der Waals surface area contributed by atoms with Gasteiger partial charge in [-0.25, -0.2) is 0 Å². The number of ether oxygens (including phenoxy) is 1. The lowest BCUT2D eigenvalue weighted by atomic mass is 9.99. The number of carbonyl (C=O) groups is 1. The molecule has 1 aromatic carbocycles. The van der Waals surface area contributed by atoms with Crippen LogP contribution in [0.3, 0.4) is 0 Å². The second-order valence-corrected chi connectivity index (χ2v) is 8.32. The molecule has 2 aliphatic heterocycles. The molecule has 1 atom stereocenters. The van der Waals surface area contributed by atoms with E-state index in [1.165, 1.54) is 56.3 Å². The number of carbonyl (C=O) groups excluding carboxylic acids is 1. The van der Waals surface area contributed by atoms with Crippen molar-refractivity contribution in [1.29, 1.82) is 0 Å². The van der Waals surface area contributed by atoms with Crippen LogP contribution in [0.2, 0.25) is 0 Å². The molecular formula is C23H36N2O2. The van der Waals surface area contributed by atoms with Crippen LogP contribution < -0.4 is 4.74 Å². The summed E-state index contributed by atoms with van der Waals surface area (Å²) in [5.41, 5.74) is 2.45. The normalized spacial score (nSPS) is 21.7. The van der Waals surface area contributed by atoms with Gasteiger partial charge in [0.1, 0.15) is 5.75 Å². The molecule has 150 valence electrons. The molecule has 0 unspecified atom stereocenters. The second-order valence-electron chi connectivity index (χ2n) is 8.32. The van der Waals surface area contributed by atoms with Gasteiger partial charge in [0.15, 0.2) is 6.61 Å². The van der Waals surface area contributed by atoms with E-state index in [0.717, 1.165) is 38.1 Å². The van der Waals surface area contributed by atoms with E-state index in [0.29, 0.717) is 6.04 Å². The van der Waals surface area contributed by atoms with Crippen molar-refractivity contribution in [2.24, 2.45) is 0 Å².